The Kier molecular flexibility index (Phi) is 4.52. The van der Waals surface area contributed by atoms with E-state index in [-0.39, 0.29) is 18.4 Å². The first-order valence-corrected chi connectivity index (χ1v) is 6.71. The number of anilines is 1. The smallest absolute Gasteiger partial charge is 0.253 e. The molecule has 0 fully saturated rings. The summed E-state index contributed by atoms with van der Waals surface area (Å²) in [4.78, 5) is 22.3. The summed E-state index contributed by atoms with van der Waals surface area (Å²) in [6.45, 7) is 4.16. The minimum atomic E-state index is -0.219. The number of nitrogens with zero attached hydrogens (tertiary/aromatic N) is 4. The van der Waals surface area contributed by atoms with Crippen molar-refractivity contribution in [2.45, 2.75) is 26.3 Å². The molecule has 0 spiro atoms. The maximum atomic E-state index is 12.0. The van der Waals surface area contributed by atoms with Crippen LogP contribution in [0.2, 0.25) is 0 Å². The van der Waals surface area contributed by atoms with Crippen molar-refractivity contribution >= 4 is 11.7 Å². The van der Waals surface area contributed by atoms with Gasteiger partial charge in [-0.15, -0.1) is 0 Å². The van der Waals surface area contributed by atoms with Gasteiger partial charge in [0, 0.05) is 26.2 Å². The number of pyridine rings is 1. The van der Waals surface area contributed by atoms with Crippen LogP contribution >= 0.6 is 0 Å². The number of hydrogen-bond donors (Lipinski definition) is 1. The van der Waals surface area contributed by atoms with Crippen LogP contribution in [0.1, 0.15) is 41.8 Å². The van der Waals surface area contributed by atoms with Crippen molar-refractivity contribution in [1.82, 2.24) is 20.4 Å². The molecule has 0 aliphatic heterocycles. The number of nitrogens with one attached hydrogen (secondary N) is 1. The van der Waals surface area contributed by atoms with E-state index in [2.05, 4.69) is 20.4 Å². The molecular formula is C14H19N5O2. The molecule has 2 aromatic heterocycles. The molecule has 2 heterocycles. The maximum Gasteiger partial charge on any atom is 0.253 e. The molecule has 112 valence electrons. The summed E-state index contributed by atoms with van der Waals surface area (Å²) in [6, 6.07) is 3.52. The van der Waals surface area contributed by atoms with E-state index in [1.807, 2.05) is 32.8 Å². The predicted molar refractivity (Wildman–Crippen MR) is 78.1 cm³/mol. The third-order valence-electron chi connectivity index (χ3n) is 2.85. The lowest BCUT2D eigenvalue weighted by molar-refractivity contribution is 0.0949. The number of hydrogen-bond acceptors (Lipinski definition) is 6. The molecule has 1 N–H and O–H groups in total. The van der Waals surface area contributed by atoms with E-state index >= 15 is 0 Å². The molecule has 0 aliphatic rings. The van der Waals surface area contributed by atoms with Crippen molar-refractivity contribution in [2.24, 2.45) is 0 Å². The van der Waals surface area contributed by atoms with Gasteiger partial charge in [0.15, 0.2) is 5.82 Å². The molecule has 21 heavy (non-hydrogen) atoms. The summed E-state index contributed by atoms with van der Waals surface area (Å²) in [5.41, 5.74) is 0.494. The van der Waals surface area contributed by atoms with Gasteiger partial charge in [0.25, 0.3) is 5.91 Å². The number of carbonyl (C=O) groups excluding carboxylic acids is 1. The summed E-state index contributed by atoms with van der Waals surface area (Å²) < 4.78 is 5.08. The lowest BCUT2D eigenvalue weighted by atomic mass is 10.2. The van der Waals surface area contributed by atoms with Crippen LogP contribution in [0.3, 0.4) is 0 Å². The predicted octanol–water partition coefficient (Wildman–Crippen LogP) is 1.58. The maximum absolute atomic E-state index is 12.0. The summed E-state index contributed by atoms with van der Waals surface area (Å²) in [5.74, 6) is 1.78. The molecule has 0 bridgehead atoms. The van der Waals surface area contributed by atoms with Gasteiger partial charge >= 0.3 is 0 Å². The Morgan fingerprint density at radius 3 is 2.67 bits per heavy atom. The standard InChI is InChI=1S/C14H19N5O2/c1-9(2)14-17-11(18-21-14)8-16-13(20)10-5-6-12(15-7-10)19(3)4/h5-7,9H,8H2,1-4H3,(H,16,20). The Morgan fingerprint density at radius 2 is 2.14 bits per heavy atom. The van der Waals surface area contributed by atoms with Crippen LogP contribution in [0.5, 0.6) is 0 Å². The highest BCUT2D eigenvalue weighted by atomic mass is 16.5. The normalized spacial score (nSPS) is 10.7. The SMILES string of the molecule is CC(C)c1nc(CNC(=O)c2ccc(N(C)C)nc2)no1. The Balaban J connectivity index is 1.94. The van der Waals surface area contributed by atoms with Gasteiger partial charge in [0.05, 0.1) is 12.1 Å². The summed E-state index contributed by atoms with van der Waals surface area (Å²) in [5, 5.41) is 6.56. The van der Waals surface area contributed by atoms with Gasteiger partial charge in [0.2, 0.25) is 5.89 Å². The van der Waals surface area contributed by atoms with E-state index in [9.17, 15) is 4.79 Å². The zero-order chi connectivity index (χ0) is 15.4. The number of rotatable bonds is 5. The third kappa shape index (κ3) is 3.77. The van der Waals surface area contributed by atoms with Crippen LogP contribution in [0, 0.1) is 0 Å². The average Bonchev–Trinajstić information content (AvgIpc) is 2.94. The number of aromatic nitrogens is 3. The van der Waals surface area contributed by atoms with Crippen molar-refractivity contribution in [1.29, 1.82) is 0 Å². The van der Waals surface area contributed by atoms with Gasteiger partial charge in [-0.2, -0.15) is 4.98 Å². The highest BCUT2D eigenvalue weighted by molar-refractivity contribution is 5.93. The van der Waals surface area contributed by atoms with Gasteiger partial charge in [-0.25, -0.2) is 4.98 Å². The second kappa shape index (κ2) is 6.34. The molecule has 7 nitrogen and oxygen atoms in total. The lowest BCUT2D eigenvalue weighted by Crippen LogP contribution is -2.23. The van der Waals surface area contributed by atoms with Gasteiger partial charge in [-0.3, -0.25) is 4.79 Å². The summed E-state index contributed by atoms with van der Waals surface area (Å²) in [6.07, 6.45) is 1.54. The van der Waals surface area contributed by atoms with Crippen LogP contribution in [0.15, 0.2) is 22.9 Å². The van der Waals surface area contributed by atoms with Crippen molar-refractivity contribution < 1.29 is 9.32 Å². The van der Waals surface area contributed by atoms with Crippen molar-refractivity contribution in [2.75, 3.05) is 19.0 Å². The highest BCUT2D eigenvalue weighted by Crippen LogP contribution is 2.11. The molecule has 2 rings (SSSR count). The van der Waals surface area contributed by atoms with Gasteiger partial charge in [-0.05, 0) is 12.1 Å². The van der Waals surface area contributed by atoms with E-state index in [0.29, 0.717) is 17.3 Å². The fourth-order valence-electron chi connectivity index (χ4n) is 1.62. The fourth-order valence-corrected chi connectivity index (χ4v) is 1.62. The topological polar surface area (TPSA) is 84.2 Å². The summed E-state index contributed by atoms with van der Waals surface area (Å²) in [7, 11) is 3.79. The minimum absolute atomic E-state index is 0.171. The van der Waals surface area contributed by atoms with Crippen LogP contribution in [0.4, 0.5) is 5.82 Å². The van der Waals surface area contributed by atoms with Crippen molar-refractivity contribution in [3.63, 3.8) is 0 Å². The van der Waals surface area contributed by atoms with Gasteiger partial charge in [-0.1, -0.05) is 19.0 Å². The molecule has 2 aromatic rings. The fraction of sp³-hybridized carbons (Fsp3) is 0.429. The summed E-state index contributed by atoms with van der Waals surface area (Å²) >= 11 is 0. The second-order valence-electron chi connectivity index (χ2n) is 5.19. The molecule has 7 heteroatoms. The molecule has 0 saturated carbocycles. The van der Waals surface area contributed by atoms with Gasteiger partial charge < -0.3 is 14.7 Å². The van der Waals surface area contributed by atoms with E-state index < -0.39 is 0 Å². The zero-order valence-electron chi connectivity index (χ0n) is 12.6. The lowest BCUT2D eigenvalue weighted by Gasteiger charge is -2.10. The van der Waals surface area contributed by atoms with Crippen molar-refractivity contribution in [3.05, 3.63) is 35.6 Å². The Labute approximate surface area is 123 Å². The molecule has 0 radical (unpaired) electrons. The monoisotopic (exact) mass is 289 g/mol. The largest absolute Gasteiger partial charge is 0.363 e. The molecule has 0 saturated heterocycles. The third-order valence-corrected chi connectivity index (χ3v) is 2.85. The first-order chi connectivity index (χ1) is 9.97. The Morgan fingerprint density at radius 1 is 1.38 bits per heavy atom. The van der Waals surface area contributed by atoms with E-state index in [0.717, 1.165) is 5.82 Å². The first-order valence-electron chi connectivity index (χ1n) is 6.71. The molecule has 0 aliphatic carbocycles. The van der Waals surface area contributed by atoms with Crippen LogP contribution in [-0.4, -0.2) is 35.1 Å². The minimum Gasteiger partial charge on any atom is -0.363 e. The molecule has 1 amide bonds. The number of carbonyl (C=O) groups is 1. The van der Waals surface area contributed by atoms with Crippen LogP contribution in [0.25, 0.3) is 0 Å². The quantitative estimate of drug-likeness (QED) is 0.899. The molecular weight excluding hydrogens is 270 g/mol. The van der Waals surface area contributed by atoms with E-state index in [1.165, 1.54) is 0 Å². The van der Waals surface area contributed by atoms with Crippen LogP contribution in [-0.2, 0) is 6.54 Å². The average molecular weight is 289 g/mol. The van der Waals surface area contributed by atoms with E-state index in [1.54, 1.807) is 18.3 Å². The molecule has 0 aromatic carbocycles. The molecule has 0 atom stereocenters. The molecule has 0 unspecified atom stereocenters. The van der Waals surface area contributed by atoms with Crippen LogP contribution < -0.4 is 10.2 Å². The Hall–Kier alpha value is -2.44. The Bertz CT molecular complexity index is 604. The highest BCUT2D eigenvalue weighted by Gasteiger charge is 2.12. The second-order valence-corrected chi connectivity index (χ2v) is 5.19. The first kappa shape index (κ1) is 15.0. The number of amides is 1. The zero-order valence-corrected chi connectivity index (χ0v) is 12.6. The van der Waals surface area contributed by atoms with Crippen molar-refractivity contribution in [3.8, 4) is 0 Å². The van der Waals surface area contributed by atoms with Gasteiger partial charge in [0.1, 0.15) is 5.82 Å². The van der Waals surface area contributed by atoms with E-state index in [4.69, 9.17) is 4.52 Å².